The van der Waals surface area contributed by atoms with Crippen LogP contribution in [0.4, 0.5) is 0 Å². The van der Waals surface area contributed by atoms with Crippen molar-refractivity contribution in [3.05, 3.63) is 0 Å². The van der Waals surface area contributed by atoms with Crippen molar-refractivity contribution in [3.63, 3.8) is 0 Å². The monoisotopic (exact) mass is 293 g/mol. The second-order valence-electron chi connectivity index (χ2n) is 8.00. The lowest BCUT2D eigenvalue weighted by atomic mass is 9.82. The average molecular weight is 293 g/mol. The van der Waals surface area contributed by atoms with Crippen LogP contribution in [0.2, 0.25) is 0 Å². The van der Waals surface area contributed by atoms with Gasteiger partial charge in [-0.15, -0.1) is 0 Å². The molecule has 3 saturated heterocycles. The Kier molecular flexibility index (Phi) is 5.23. The van der Waals surface area contributed by atoms with Crippen LogP contribution in [-0.2, 0) is 0 Å². The van der Waals surface area contributed by atoms with Crippen LogP contribution in [-0.4, -0.2) is 60.1 Å². The Labute approximate surface area is 131 Å². The summed E-state index contributed by atoms with van der Waals surface area (Å²) in [6.45, 7) is 7.27. The third-order valence-electron chi connectivity index (χ3n) is 6.30. The summed E-state index contributed by atoms with van der Waals surface area (Å²) < 4.78 is 0. The smallest absolute Gasteiger partial charge is 0.0110 e. The van der Waals surface area contributed by atoms with E-state index in [2.05, 4.69) is 36.0 Å². The van der Waals surface area contributed by atoms with Gasteiger partial charge in [0.1, 0.15) is 0 Å². The summed E-state index contributed by atoms with van der Waals surface area (Å²) in [7, 11) is 2.36. The molecule has 0 amide bonds. The van der Waals surface area contributed by atoms with E-state index < -0.39 is 0 Å². The molecule has 3 rings (SSSR count). The first-order valence-corrected chi connectivity index (χ1v) is 9.35. The first kappa shape index (κ1) is 15.8. The number of nitrogens with one attached hydrogen (secondary N) is 1. The molecule has 0 aromatic rings. The molecule has 0 aromatic carbocycles. The van der Waals surface area contributed by atoms with Crippen LogP contribution in [0.1, 0.15) is 65.2 Å². The zero-order valence-electron chi connectivity index (χ0n) is 14.4. The number of hydrogen-bond acceptors (Lipinski definition) is 3. The molecule has 3 unspecified atom stereocenters. The molecule has 3 atom stereocenters. The molecule has 0 aliphatic carbocycles. The maximum absolute atomic E-state index is 4.05. The van der Waals surface area contributed by atoms with Gasteiger partial charge in [0.2, 0.25) is 0 Å². The topological polar surface area (TPSA) is 18.5 Å². The standard InChI is InChI=1S/C18H35N3/c1-14(2)21-10-5-6-15(9-11-21)19-16-12-17-7-4-8-18(13-16)20(17)3/h14-19H,4-13H2,1-3H3. The van der Waals surface area contributed by atoms with Gasteiger partial charge in [-0.1, -0.05) is 6.42 Å². The van der Waals surface area contributed by atoms with Crippen LogP contribution < -0.4 is 5.32 Å². The van der Waals surface area contributed by atoms with Crippen molar-refractivity contribution in [2.24, 2.45) is 0 Å². The molecule has 0 spiro atoms. The molecular formula is C18H35N3. The normalized spacial score (nSPS) is 39.4. The Balaban J connectivity index is 1.50. The number of nitrogens with zero attached hydrogens (tertiary/aromatic N) is 2. The van der Waals surface area contributed by atoms with Crippen molar-refractivity contribution in [1.29, 1.82) is 0 Å². The molecule has 3 aliphatic heterocycles. The second-order valence-corrected chi connectivity index (χ2v) is 8.00. The summed E-state index contributed by atoms with van der Waals surface area (Å²) in [5.74, 6) is 0. The van der Waals surface area contributed by atoms with Crippen LogP contribution in [0.3, 0.4) is 0 Å². The van der Waals surface area contributed by atoms with Gasteiger partial charge in [0.05, 0.1) is 0 Å². The van der Waals surface area contributed by atoms with E-state index in [1.54, 1.807) is 0 Å². The maximum Gasteiger partial charge on any atom is 0.0110 e. The van der Waals surface area contributed by atoms with Crippen molar-refractivity contribution in [1.82, 2.24) is 15.1 Å². The number of hydrogen-bond donors (Lipinski definition) is 1. The van der Waals surface area contributed by atoms with Crippen LogP contribution in [0.25, 0.3) is 0 Å². The lowest BCUT2D eigenvalue weighted by molar-refractivity contribution is 0.0452. The molecule has 122 valence electrons. The highest BCUT2D eigenvalue weighted by Crippen LogP contribution is 2.33. The third kappa shape index (κ3) is 3.80. The van der Waals surface area contributed by atoms with E-state index in [-0.39, 0.29) is 0 Å². The van der Waals surface area contributed by atoms with E-state index >= 15 is 0 Å². The van der Waals surface area contributed by atoms with Gasteiger partial charge in [0.15, 0.2) is 0 Å². The largest absolute Gasteiger partial charge is 0.311 e. The molecule has 0 radical (unpaired) electrons. The van der Waals surface area contributed by atoms with E-state index in [0.717, 1.165) is 24.2 Å². The zero-order valence-corrected chi connectivity index (χ0v) is 14.4. The molecule has 0 saturated carbocycles. The molecule has 3 heterocycles. The average Bonchev–Trinajstić information content (AvgIpc) is 2.65. The summed E-state index contributed by atoms with van der Waals surface area (Å²) in [5.41, 5.74) is 0. The van der Waals surface area contributed by atoms with Crippen molar-refractivity contribution in [2.45, 2.75) is 95.4 Å². The Hall–Kier alpha value is -0.120. The molecule has 1 N–H and O–H groups in total. The summed E-state index contributed by atoms with van der Waals surface area (Å²) in [6.07, 6.45) is 11.2. The molecule has 3 aliphatic rings. The summed E-state index contributed by atoms with van der Waals surface area (Å²) in [6, 6.07) is 3.97. The van der Waals surface area contributed by atoms with Crippen molar-refractivity contribution >= 4 is 0 Å². The lowest BCUT2D eigenvalue weighted by Gasteiger charge is -2.48. The number of piperidine rings is 2. The minimum atomic E-state index is 0.714. The fourth-order valence-electron chi connectivity index (χ4n) is 4.89. The van der Waals surface area contributed by atoms with Crippen molar-refractivity contribution < 1.29 is 0 Å². The predicted octanol–water partition coefficient (Wildman–Crippen LogP) is 2.85. The van der Waals surface area contributed by atoms with Gasteiger partial charge in [0.25, 0.3) is 0 Å². The zero-order chi connectivity index (χ0) is 14.8. The third-order valence-corrected chi connectivity index (χ3v) is 6.30. The van der Waals surface area contributed by atoms with E-state index in [0.29, 0.717) is 6.04 Å². The molecule has 3 fully saturated rings. The highest BCUT2D eigenvalue weighted by Gasteiger charge is 2.36. The van der Waals surface area contributed by atoms with Crippen LogP contribution in [0, 0.1) is 0 Å². The predicted molar refractivity (Wildman–Crippen MR) is 89.7 cm³/mol. The van der Waals surface area contributed by atoms with Crippen molar-refractivity contribution in [3.8, 4) is 0 Å². The quantitative estimate of drug-likeness (QED) is 0.863. The molecular weight excluding hydrogens is 258 g/mol. The maximum atomic E-state index is 4.05. The Morgan fingerprint density at radius 2 is 1.57 bits per heavy atom. The fraction of sp³-hybridized carbons (Fsp3) is 1.00. The highest BCUT2D eigenvalue weighted by atomic mass is 15.2. The summed E-state index contributed by atoms with van der Waals surface area (Å²) in [4.78, 5) is 5.33. The molecule has 0 aromatic heterocycles. The molecule has 2 bridgehead atoms. The van der Waals surface area contributed by atoms with E-state index in [9.17, 15) is 0 Å². The van der Waals surface area contributed by atoms with E-state index in [4.69, 9.17) is 0 Å². The van der Waals surface area contributed by atoms with Crippen molar-refractivity contribution in [2.75, 3.05) is 20.1 Å². The van der Waals surface area contributed by atoms with Gasteiger partial charge in [-0.2, -0.15) is 0 Å². The van der Waals surface area contributed by atoms with E-state index in [1.807, 2.05) is 0 Å². The minimum Gasteiger partial charge on any atom is -0.311 e. The molecule has 3 heteroatoms. The van der Waals surface area contributed by atoms with Crippen LogP contribution in [0.15, 0.2) is 0 Å². The summed E-state index contributed by atoms with van der Waals surface area (Å²) >= 11 is 0. The minimum absolute atomic E-state index is 0.714. The number of rotatable bonds is 3. The van der Waals surface area contributed by atoms with Gasteiger partial charge in [0, 0.05) is 30.2 Å². The van der Waals surface area contributed by atoms with Gasteiger partial charge in [-0.05, 0) is 78.9 Å². The van der Waals surface area contributed by atoms with E-state index in [1.165, 1.54) is 64.5 Å². The second kappa shape index (κ2) is 6.97. The van der Waals surface area contributed by atoms with Crippen LogP contribution in [0.5, 0.6) is 0 Å². The van der Waals surface area contributed by atoms with Gasteiger partial charge >= 0.3 is 0 Å². The Morgan fingerprint density at radius 3 is 2.24 bits per heavy atom. The first-order chi connectivity index (χ1) is 10.1. The van der Waals surface area contributed by atoms with Gasteiger partial charge in [-0.3, -0.25) is 0 Å². The Bertz CT molecular complexity index is 316. The van der Waals surface area contributed by atoms with Gasteiger partial charge < -0.3 is 15.1 Å². The van der Waals surface area contributed by atoms with Gasteiger partial charge in [-0.25, -0.2) is 0 Å². The summed E-state index contributed by atoms with van der Waals surface area (Å²) in [5, 5.41) is 4.05. The Morgan fingerprint density at radius 1 is 0.857 bits per heavy atom. The lowest BCUT2D eigenvalue weighted by Crippen LogP contribution is -2.55. The number of fused-ring (bicyclic) bond motifs is 2. The fourth-order valence-corrected chi connectivity index (χ4v) is 4.89. The highest BCUT2D eigenvalue weighted by molar-refractivity contribution is 4.94. The molecule has 3 nitrogen and oxygen atoms in total. The first-order valence-electron chi connectivity index (χ1n) is 9.35. The van der Waals surface area contributed by atoms with Crippen LogP contribution >= 0.6 is 0 Å². The molecule has 21 heavy (non-hydrogen) atoms. The number of likely N-dealkylation sites (tertiary alicyclic amines) is 1. The SMILES string of the molecule is CC(C)N1CCCC(NC2CC3CCCC(C2)N3C)CC1.